The first-order chi connectivity index (χ1) is 7.99. The molecule has 0 aliphatic carbocycles. The summed E-state index contributed by atoms with van der Waals surface area (Å²) >= 11 is 0. The number of fused-ring (bicyclic) bond motifs is 1. The lowest BCUT2D eigenvalue weighted by atomic mass is 10.1. The molecule has 0 aromatic heterocycles. The summed E-state index contributed by atoms with van der Waals surface area (Å²) in [6.07, 6.45) is -4.09. The van der Waals surface area contributed by atoms with Crippen LogP contribution in [0.3, 0.4) is 0 Å². The van der Waals surface area contributed by atoms with Gasteiger partial charge in [0.25, 0.3) is 0 Å². The predicted molar refractivity (Wildman–Crippen MR) is 56.0 cm³/mol. The zero-order chi connectivity index (χ0) is 12.5. The Kier molecular flexibility index (Phi) is 2.75. The topological polar surface area (TPSA) is 26.3 Å². The molecule has 0 spiro atoms. The van der Waals surface area contributed by atoms with E-state index in [0.29, 0.717) is 22.6 Å². The zero-order valence-corrected chi connectivity index (χ0v) is 8.49. The number of alkyl halides is 3. The Morgan fingerprint density at radius 3 is 2.53 bits per heavy atom. The molecule has 0 saturated carbocycles. The third kappa shape index (κ3) is 2.55. The van der Waals surface area contributed by atoms with Crippen LogP contribution in [0.25, 0.3) is 10.8 Å². The fraction of sp³-hybridized carbons (Fsp3) is 0.0833. The van der Waals surface area contributed by atoms with Crippen LogP contribution in [0.5, 0.6) is 5.75 Å². The van der Waals surface area contributed by atoms with Crippen molar-refractivity contribution in [2.75, 3.05) is 0 Å². The number of carbonyl (C=O) groups is 1. The second-order valence-electron chi connectivity index (χ2n) is 3.40. The van der Waals surface area contributed by atoms with Gasteiger partial charge in [0.2, 0.25) is 0 Å². The Morgan fingerprint density at radius 2 is 1.88 bits per heavy atom. The number of rotatable bonds is 2. The van der Waals surface area contributed by atoms with E-state index < -0.39 is 6.36 Å². The molecule has 2 rings (SSSR count). The Hall–Kier alpha value is -2.04. The van der Waals surface area contributed by atoms with E-state index >= 15 is 0 Å². The standard InChI is InChI=1S/C12H7F3O2/c13-12(14,15)17-11-3-1-2-9-6-8(7-16)4-5-10(9)11/h1-7H. The van der Waals surface area contributed by atoms with Crippen molar-refractivity contribution in [1.29, 1.82) is 0 Å². The van der Waals surface area contributed by atoms with Gasteiger partial charge in [0, 0.05) is 10.9 Å². The highest BCUT2D eigenvalue weighted by atomic mass is 19.4. The summed E-state index contributed by atoms with van der Waals surface area (Å²) < 4.78 is 40.3. The highest BCUT2D eigenvalue weighted by molar-refractivity contribution is 5.92. The highest BCUT2D eigenvalue weighted by Gasteiger charge is 2.31. The molecule has 0 N–H and O–H groups in total. The van der Waals surface area contributed by atoms with E-state index in [2.05, 4.69) is 4.74 Å². The third-order valence-electron chi connectivity index (χ3n) is 2.23. The molecule has 2 aromatic rings. The molecule has 88 valence electrons. The lowest BCUT2D eigenvalue weighted by molar-refractivity contribution is -0.274. The monoisotopic (exact) mass is 240 g/mol. The van der Waals surface area contributed by atoms with E-state index in [1.165, 1.54) is 30.3 Å². The first-order valence-electron chi connectivity index (χ1n) is 4.73. The largest absolute Gasteiger partial charge is 0.573 e. The van der Waals surface area contributed by atoms with Crippen molar-refractivity contribution >= 4 is 17.1 Å². The van der Waals surface area contributed by atoms with Crippen molar-refractivity contribution in [3.63, 3.8) is 0 Å². The minimum Gasteiger partial charge on any atom is -0.405 e. The Labute approximate surface area is 94.6 Å². The summed E-state index contributed by atoms with van der Waals surface area (Å²) in [5, 5.41) is 0.840. The number of hydrogen-bond donors (Lipinski definition) is 0. The second kappa shape index (κ2) is 4.08. The molecule has 5 heteroatoms. The van der Waals surface area contributed by atoms with E-state index in [-0.39, 0.29) is 5.75 Å². The van der Waals surface area contributed by atoms with Gasteiger partial charge in [-0.2, -0.15) is 0 Å². The van der Waals surface area contributed by atoms with Gasteiger partial charge >= 0.3 is 6.36 Å². The molecular weight excluding hydrogens is 233 g/mol. The molecule has 0 aliphatic rings. The van der Waals surface area contributed by atoms with Crippen LogP contribution in [0, 0.1) is 0 Å². The Morgan fingerprint density at radius 1 is 1.12 bits per heavy atom. The van der Waals surface area contributed by atoms with Crippen LogP contribution < -0.4 is 4.74 Å². The van der Waals surface area contributed by atoms with Crippen molar-refractivity contribution in [2.24, 2.45) is 0 Å². The molecule has 0 fully saturated rings. The van der Waals surface area contributed by atoms with Gasteiger partial charge in [-0.25, -0.2) is 0 Å². The van der Waals surface area contributed by atoms with Gasteiger partial charge in [-0.1, -0.05) is 18.2 Å². The van der Waals surface area contributed by atoms with E-state index in [9.17, 15) is 18.0 Å². The molecule has 0 amide bonds. The SMILES string of the molecule is O=Cc1ccc2c(OC(F)(F)F)cccc2c1. The minimum absolute atomic E-state index is 0.271. The van der Waals surface area contributed by atoms with Crippen LogP contribution in [-0.4, -0.2) is 12.6 Å². The number of halogens is 3. The normalized spacial score (nSPS) is 11.5. The predicted octanol–water partition coefficient (Wildman–Crippen LogP) is 3.55. The van der Waals surface area contributed by atoms with Gasteiger partial charge in [-0.15, -0.1) is 13.2 Å². The molecule has 2 aromatic carbocycles. The fourth-order valence-corrected chi connectivity index (χ4v) is 1.56. The molecule has 0 bridgehead atoms. The smallest absolute Gasteiger partial charge is 0.405 e. The molecule has 0 unspecified atom stereocenters. The van der Waals surface area contributed by atoms with Crippen molar-refractivity contribution in [1.82, 2.24) is 0 Å². The van der Waals surface area contributed by atoms with Gasteiger partial charge in [-0.05, 0) is 23.6 Å². The number of ether oxygens (including phenoxy) is 1. The van der Waals surface area contributed by atoms with Crippen LogP contribution in [0.2, 0.25) is 0 Å². The van der Waals surface area contributed by atoms with Crippen molar-refractivity contribution in [2.45, 2.75) is 6.36 Å². The maximum Gasteiger partial charge on any atom is 0.573 e. The summed E-state index contributed by atoms with van der Waals surface area (Å²) in [7, 11) is 0. The molecule has 0 aliphatic heterocycles. The van der Waals surface area contributed by atoms with Crippen LogP contribution in [0.1, 0.15) is 10.4 Å². The first kappa shape index (κ1) is 11.4. The van der Waals surface area contributed by atoms with Crippen LogP contribution in [0.4, 0.5) is 13.2 Å². The van der Waals surface area contributed by atoms with Gasteiger partial charge in [0.1, 0.15) is 12.0 Å². The van der Waals surface area contributed by atoms with Crippen LogP contribution in [-0.2, 0) is 0 Å². The molecule has 17 heavy (non-hydrogen) atoms. The van der Waals surface area contributed by atoms with Gasteiger partial charge in [0.15, 0.2) is 0 Å². The minimum atomic E-state index is -4.72. The summed E-state index contributed by atoms with van der Waals surface area (Å²) in [6, 6.07) is 8.67. The Bertz CT molecular complexity index is 561. The van der Waals surface area contributed by atoms with E-state index in [1.807, 2.05) is 0 Å². The average Bonchev–Trinajstić information content (AvgIpc) is 2.26. The maximum atomic E-state index is 12.1. The molecule has 0 radical (unpaired) electrons. The number of carbonyl (C=O) groups excluding carboxylic acids is 1. The third-order valence-corrected chi connectivity index (χ3v) is 2.23. The first-order valence-corrected chi connectivity index (χ1v) is 4.73. The van der Waals surface area contributed by atoms with E-state index in [4.69, 9.17) is 0 Å². The van der Waals surface area contributed by atoms with Crippen molar-refractivity contribution in [3.05, 3.63) is 42.0 Å². The van der Waals surface area contributed by atoms with E-state index in [0.717, 1.165) is 0 Å². The van der Waals surface area contributed by atoms with Gasteiger partial charge in [-0.3, -0.25) is 4.79 Å². The van der Waals surface area contributed by atoms with Gasteiger partial charge < -0.3 is 4.74 Å². The van der Waals surface area contributed by atoms with Gasteiger partial charge in [0.05, 0.1) is 0 Å². The summed E-state index contributed by atoms with van der Waals surface area (Å²) in [5.41, 5.74) is 0.404. The lowest BCUT2D eigenvalue weighted by Crippen LogP contribution is -2.17. The number of aldehydes is 1. The molecule has 0 heterocycles. The number of benzene rings is 2. The summed E-state index contributed by atoms with van der Waals surface area (Å²) in [6.45, 7) is 0. The molecule has 0 atom stereocenters. The Balaban J connectivity index is 2.54. The van der Waals surface area contributed by atoms with Crippen molar-refractivity contribution in [3.8, 4) is 5.75 Å². The quantitative estimate of drug-likeness (QED) is 0.750. The van der Waals surface area contributed by atoms with Crippen LogP contribution in [0.15, 0.2) is 36.4 Å². The number of hydrogen-bond acceptors (Lipinski definition) is 2. The summed E-state index contributed by atoms with van der Waals surface area (Å²) in [4.78, 5) is 10.6. The molecular formula is C12H7F3O2. The molecule has 0 saturated heterocycles. The average molecular weight is 240 g/mol. The van der Waals surface area contributed by atoms with Crippen molar-refractivity contribution < 1.29 is 22.7 Å². The van der Waals surface area contributed by atoms with E-state index in [1.54, 1.807) is 6.07 Å². The fourth-order valence-electron chi connectivity index (χ4n) is 1.56. The highest BCUT2D eigenvalue weighted by Crippen LogP contribution is 2.30. The van der Waals surface area contributed by atoms with Crippen LogP contribution >= 0.6 is 0 Å². The summed E-state index contributed by atoms with van der Waals surface area (Å²) in [5.74, 6) is -0.271. The maximum absolute atomic E-state index is 12.1. The zero-order valence-electron chi connectivity index (χ0n) is 8.49. The lowest BCUT2D eigenvalue weighted by Gasteiger charge is -2.11. The molecule has 2 nitrogen and oxygen atoms in total. The second-order valence-corrected chi connectivity index (χ2v) is 3.40.